The molecule has 6 nitrogen and oxygen atoms in total. The second-order valence-corrected chi connectivity index (χ2v) is 8.30. The summed E-state index contributed by atoms with van der Waals surface area (Å²) < 4.78 is 0. The number of amides is 1. The monoisotopic (exact) mass is 507 g/mol. The van der Waals surface area contributed by atoms with Crippen LogP contribution < -0.4 is 10.6 Å². The molecule has 2 saturated heterocycles. The molecule has 2 N–H and O–H groups in total. The average Bonchev–Trinajstić information content (AvgIpc) is 2.67. The number of halogens is 1. The van der Waals surface area contributed by atoms with Gasteiger partial charge < -0.3 is 20.4 Å². The predicted molar refractivity (Wildman–Crippen MR) is 128 cm³/mol. The molecular formula is C21H42IN5O. The van der Waals surface area contributed by atoms with Crippen LogP contribution in [0.5, 0.6) is 0 Å². The fourth-order valence-corrected chi connectivity index (χ4v) is 4.26. The van der Waals surface area contributed by atoms with Crippen molar-refractivity contribution in [1.29, 1.82) is 0 Å². The first-order chi connectivity index (χ1) is 13.1. The Labute approximate surface area is 189 Å². The topological polar surface area (TPSA) is 60.0 Å². The van der Waals surface area contributed by atoms with Crippen molar-refractivity contribution in [1.82, 2.24) is 20.4 Å². The SMILES string of the molecule is CCNC(=NCCCCN1CCCC(C)C1)N1CCC(CC(=O)NC)CC1.I. The number of guanidine groups is 1. The molecule has 0 saturated carbocycles. The number of piperidine rings is 2. The van der Waals surface area contributed by atoms with Crippen molar-refractivity contribution in [2.75, 3.05) is 52.9 Å². The molecule has 0 spiro atoms. The van der Waals surface area contributed by atoms with Crippen LogP contribution in [0.3, 0.4) is 0 Å². The minimum absolute atomic E-state index is 0. The first kappa shape index (κ1) is 25.5. The van der Waals surface area contributed by atoms with E-state index in [0.717, 1.165) is 57.3 Å². The summed E-state index contributed by atoms with van der Waals surface area (Å²) in [4.78, 5) is 21.4. The van der Waals surface area contributed by atoms with Crippen LogP contribution in [-0.4, -0.2) is 74.5 Å². The molecule has 0 aromatic carbocycles. The molecule has 2 heterocycles. The Morgan fingerprint density at radius 1 is 1.14 bits per heavy atom. The Morgan fingerprint density at radius 3 is 2.54 bits per heavy atom. The zero-order valence-electron chi connectivity index (χ0n) is 18.2. The highest BCUT2D eigenvalue weighted by molar-refractivity contribution is 14.0. The highest BCUT2D eigenvalue weighted by Gasteiger charge is 2.23. The van der Waals surface area contributed by atoms with E-state index in [1.165, 1.54) is 38.9 Å². The van der Waals surface area contributed by atoms with Crippen LogP contribution in [0.1, 0.15) is 58.8 Å². The van der Waals surface area contributed by atoms with Gasteiger partial charge in [0.15, 0.2) is 5.96 Å². The summed E-state index contributed by atoms with van der Waals surface area (Å²) in [6.45, 7) is 12.1. The van der Waals surface area contributed by atoms with Crippen molar-refractivity contribution in [2.24, 2.45) is 16.8 Å². The Hall–Kier alpha value is -0.570. The van der Waals surface area contributed by atoms with Gasteiger partial charge in [0.05, 0.1) is 0 Å². The Kier molecular flexibility index (Phi) is 13.1. The van der Waals surface area contributed by atoms with Gasteiger partial charge in [-0.05, 0) is 70.4 Å². The third-order valence-corrected chi connectivity index (χ3v) is 5.89. The van der Waals surface area contributed by atoms with E-state index in [-0.39, 0.29) is 29.9 Å². The molecule has 0 aliphatic carbocycles. The minimum Gasteiger partial charge on any atom is -0.359 e. The molecule has 0 bridgehead atoms. The number of aliphatic imine (C=N–C) groups is 1. The van der Waals surface area contributed by atoms with E-state index >= 15 is 0 Å². The van der Waals surface area contributed by atoms with Gasteiger partial charge in [0, 0.05) is 46.2 Å². The Balaban J connectivity index is 0.00000392. The third-order valence-electron chi connectivity index (χ3n) is 5.89. The second kappa shape index (κ2) is 14.4. The van der Waals surface area contributed by atoms with Crippen LogP contribution in [0.4, 0.5) is 0 Å². The summed E-state index contributed by atoms with van der Waals surface area (Å²) in [6.07, 6.45) is 7.96. The Morgan fingerprint density at radius 2 is 1.89 bits per heavy atom. The van der Waals surface area contributed by atoms with Crippen LogP contribution in [-0.2, 0) is 4.79 Å². The van der Waals surface area contributed by atoms with Crippen LogP contribution in [0.15, 0.2) is 4.99 Å². The molecule has 2 aliphatic heterocycles. The summed E-state index contributed by atoms with van der Waals surface area (Å²) in [5, 5.41) is 6.19. The van der Waals surface area contributed by atoms with Crippen LogP contribution >= 0.6 is 24.0 Å². The van der Waals surface area contributed by atoms with Gasteiger partial charge in [-0.15, -0.1) is 24.0 Å². The lowest BCUT2D eigenvalue weighted by Gasteiger charge is -2.34. The van der Waals surface area contributed by atoms with Crippen molar-refractivity contribution in [2.45, 2.75) is 58.8 Å². The highest BCUT2D eigenvalue weighted by atomic mass is 127. The molecule has 28 heavy (non-hydrogen) atoms. The van der Waals surface area contributed by atoms with Crippen molar-refractivity contribution in [3.63, 3.8) is 0 Å². The number of hydrogen-bond acceptors (Lipinski definition) is 3. The smallest absolute Gasteiger partial charge is 0.220 e. The van der Waals surface area contributed by atoms with E-state index in [0.29, 0.717) is 12.3 Å². The van der Waals surface area contributed by atoms with Gasteiger partial charge in [-0.25, -0.2) is 0 Å². The molecular weight excluding hydrogens is 465 g/mol. The summed E-state index contributed by atoms with van der Waals surface area (Å²) >= 11 is 0. The number of likely N-dealkylation sites (tertiary alicyclic amines) is 2. The van der Waals surface area contributed by atoms with Crippen molar-refractivity contribution < 1.29 is 4.79 Å². The number of nitrogens with one attached hydrogen (secondary N) is 2. The highest BCUT2D eigenvalue weighted by Crippen LogP contribution is 2.20. The van der Waals surface area contributed by atoms with Gasteiger partial charge in [-0.2, -0.15) is 0 Å². The van der Waals surface area contributed by atoms with Gasteiger partial charge in [-0.1, -0.05) is 6.92 Å². The first-order valence-corrected chi connectivity index (χ1v) is 11.1. The fraction of sp³-hybridized carbons (Fsp3) is 0.905. The van der Waals surface area contributed by atoms with E-state index in [9.17, 15) is 4.79 Å². The van der Waals surface area contributed by atoms with Gasteiger partial charge in [0.25, 0.3) is 0 Å². The quantitative estimate of drug-likeness (QED) is 0.230. The summed E-state index contributed by atoms with van der Waals surface area (Å²) in [5.41, 5.74) is 0. The van der Waals surface area contributed by atoms with E-state index in [4.69, 9.17) is 4.99 Å². The number of carbonyl (C=O) groups excluding carboxylic acids is 1. The number of hydrogen-bond donors (Lipinski definition) is 2. The maximum Gasteiger partial charge on any atom is 0.220 e. The molecule has 2 aliphatic rings. The van der Waals surface area contributed by atoms with Gasteiger partial charge in [0.2, 0.25) is 5.91 Å². The summed E-state index contributed by atoms with van der Waals surface area (Å²) in [6, 6.07) is 0. The van der Waals surface area contributed by atoms with Crippen LogP contribution in [0, 0.1) is 11.8 Å². The van der Waals surface area contributed by atoms with Crippen LogP contribution in [0.25, 0.3) is 0 Å². The number of carbonyl (C=O) groups is 1. The first-order valence-electron chi connectivity index (χ1n) is 11.1. The molecule has 0 aromatic rings. The molecule has 1 amide bonds. The number of nitrogens with zero attached hydrogens (tertiary/aromatic N) is 3. The maximum absolute atomic E-state index is 11.6. The number of unbranched alkanes of at least 4 members (excludes halogenated alkanes) is 1. The number of rotatable bonds is 8. The van der Waals surface area contributed by atoms with E-state index in [1.807, 2.05) is 0 Å². The lowest BCUT2D eigenvalue weighted by Crippen LogP contribution is -2.46. The molecule has 164 valence electrons. The van der Waals surface area contributed by atoms with E-state index in [2.05, 4.69) is 34.3 Å². The fourth-order valence-electron chi connectivity index (χ4n) is 4.26. The van der Waals surface area contributed by atoms with E-state index < -0.39 is 0 Å². The van der Waals surface area contributed by atoms with Gasteiger partial charge in [0.1, 0.15) is 0 Å². The van der Waals surface area contributed by atoms with Gasteiger partial charge in [-0.3, -0.25) is 9.79 Å². The summed E-state index contributed by atoms with van der Waals surface area (Å²) in [7, 11) is 1.72. The maximum atomic E-state index is 11.6. The zero-order chi connectivity index (χ0) is 19.5. The zero-order valence-corrected chi connectivity index (χ0v) is 20.5. The molecule has 2 fully saturated rings. The average molecular weight is 508 g/mol. The second-order valence-electron chi connectivity index (χ2n) is 8.30. The third kappa shape index (κ3) is 9.29. The van der Waals surface area contributed by atoms with Crippen molar-refractivity contribution in [3.05, 3.63) is 0 Å². The van der Waals surface area contributed by atoms with E-state index in [1.54, 1.807) is 7.05 Å². The largest absolute Gasteiger partial charge is 0.359 e. The molecule has 1 atom stereocenters. The Bertz CT molecular complexity index is 466. The summed E-state index contributed by atoms with van der Waals surface area (Å²) in [5.74, 6) is 2.60. The molecule has 0 aromatic heterocycles. The van der Waals surface area contributed by atoms with Gasteiger partial charge >= 0.3 is 0 Å². The molecule has 7 heteroatoms. The predicted octanol–water partition coefficient (Wildman–Crippen LogP) is 2.93. The molecule has 0 radical (unpaired) electrons. The normalized spacial score (nSPS) is 21.9. The standard InChI is InChI=1S/C21H41N5O.HI/c1-4-23-21(26-14-9-19(10-15-26)16-20(27)22-3)24-11-5-6-12-25-13-7-8-18(2)17-25;/h18-19H,4-17H2,1-3H3,(H,22,27)(H,23,24);1H. The molecule has 1 unspecified atom stereocenters. The van der Waals surface area contributed by atoms with Crippen molar-refractivity contribution in [3.8, 4) is 0 Å². The van der Waals surface area contributed by atoms with Crippen LogP contribution in [0.2, 0.25) is 0 Å². The minimum atomic E-state index is 0. The van der Waals surface area contributed by atoms with Crippen molar-refractivity contribution >= 4 is 35.8 Å². The molecule has 2 rings (SSSR count). The lowest BCUT2D eigenvalue weighted by molar-refractivity contribution is -0.121. The lowest BCUT2D eigenvalue weighted by atomic mass is 9.93.